The van der Waals surface area contributed by atoms with Crippen molar-refractivity contribution in [3.8, 4) is 207 Å². The van der Waals surface area contributed by atoms with Gasteiger partial charge >= 0.3 is 71.6 Å². The van der Waals surface area contributed by atoms with E-state index in [9.17, 15) is 191 Å². The van der Waals surface area contributed by atoms with Gasteiger partial charge in [-0.25, -0.2) is 57.5 Å². The zero-order chi connectivity index (χ0) is 104. The minimum absolute atomic E-state index is 0.315. The van der Waals surface area contributed by atoms with E-state index in [2.05, 4.69) is 0 Å². The van der Waals surface area contributed by atoms with E-state index < -0.39 is 377 Å². The standard InChI is InChI=1S/C89H58O53/c90-38-1-26(2-39(91)63(38)106)78(119)131-55-18-31(10-47(99)68(55)111)82(123)135-54-17-30(9-46(98)67(54)110)77(118)130-25-62-75(140-86(127)35-14-51(103)72(115)59(22-35)136-83(124)32-11-48(100)69(112)56(19-32)132-79(120)27-3-40(92)64(107)41(93)4-27)76(141-87(128)36-15-52(104)73(116)60(23-36)137-84(125)33-12-49(101)70(113)57(20-33)133-80(121)28-5-42(94)65(108)43(95)6-28)89(139-62)142-88(129)37-16-53(105)74(117)61(24-37)138-85(126)34-13-50(102)71(114)58(21-34)134-81(122)29-7-44(96)66(109)45(97)8-29/h1-24,62,75-76,89-117H,25H2/t62-,75-,76-,89-/m1/s1. The van der Waals surface area contributed by atoms with Crippen molar-refractivity contribution in [2.45, 2.75) is 24.6 Å². The predicted molar refractivity (Wildman–Crippen MR) is 446 cm³/mol. The van der Waals surface area contributed by atoms with E-state index in [0.717, 1.165) is 0 Å². The van der Waals surface area contributed by atoms with Crippen LogP contribution < -0.4 is 37.9 Å². The summed E-state index contributed by atoms with van der Waals surface area (Å²) < 4.78 is 69.5. The summed E-state index contributed by atoms with van der Waals surface area (Å²) in [4.78, 5) is 168. The van der Waals surface area contributed by atoms with Crippen LogP contribution in [-0.2, 0) is 23.7 Å². The third-order valence-corrected chi connectivity index (χ3v) is 19.5. The van der Waals surface area contributed by atoms with Crippen molar-refractivity contribution in [1.82, 2.24) is 0 Å². The summed E-state index contributed by atoms with van der Waals surface area (Å²) in [6.07, 6.45) is -11.0. The molecule has 12 aromatic rings. The summed E-state index contributed by atoms with van der Waals surface area (Å²) in [5.41, 5.74) is -11.2. The average molecular weight is 1980 g/mol. The maximum Gasteiger partial charge on any atom is 0.343 e. The molecule has 0 saturated carbocycles. The Bertz CT molecular complexity index is 7300. The molecule has 0 bridgehead atoms. The summed E-state index contributed by atoms with van der Waals surface area (Å²) in [6.45, 7) is -1.58. The van der Waals surface area contributed by atoms with E-state index in [1.165, 1.54) is 0 Å². The molecule has 732 valence electrons. The molecule has 0 aromatic heterocycles. The molecule has 13 rings (SSSR count). The number of aromatic hydroxyl groups is 28. The number of rotatable bonds is 25. The summed E-state index contributed by atoms with van der Waals surface area (Å²) in [5.74, 6) is -65.2. The Morgan fingerprint density at radius 3 is 0.500 bits per heavy atom. The second-order valence-electron chi connectivity index (χ2n) is 29.1. The highest BCUT2D eigenvalue weighted by atomic mass is 16.8. The topological polar surface area (TPSA) is 891 Å². The molecule has 0 radical (unpaired) electrons. The van der Waals surface area contributed by atoms with Gasteiger partial charge in [0.05, 0.1) is 66.8 Å². The molecule has 1 heterocycles. The lowest BCUT2D eigenvalue weighted by Gasteiger charge is -2.24. The summed E-state index contributed by atoms with van der Waals surface area (Å²) in [7, 11) is 0. The van der Waals surface area contributed by atoms with E-state index in [1.54, 1.807) is 0 Å². The van der Waals surface area contributed by atoms with Crippen molar-refractivity contribution in [3.05, 3.63) is 212 Å². The zero-order valence-corrected chi connectivity index (χ0v) is 69.6. The number of phenolic OH excluding ortho intramolecular Hbond substituents is 28. The molecule has 4 atom stereocenters. The van der Waals surface area contributed by atoms with Crippen molar-refractivity contribution in [2.75, 3.05) is 6.61 Å². The highest BCUT2D eigenvalue weighted by Crippen LogP contribution is 2.50. The molecule has 142 heavy (non-hydrogen) atoms. The number of benzene rings is 12. The SMILES string of the molecule is O=C(OC[C@H]1O[C@H](OC(=O)c2cc(O)c(O)c(OC(=O)c3cc(O)c(O)c(OC(=O)c4cc(O)c(O)c(O)c4)c3)c2)[C@H](OC(=O)c2cc(O)c(O)c(OC(=O)c3cc(O)c(O)c(OC(=O)c4cc(O)c(O)c(O)c4)c3)c2)[C@@H]1OC(=O)c1cc(O)c(O)c(OC(=O)c2cc(O)c(O)c(OC(=O)c3cc(O)c(O)c(O)c3)c2)c1)c1cc(O)c(O)c(OC(=O)c2cc(O)c(O)c(OC(=O)c3cc(O)c(O)c(O)c3)c2)c1. The van der Waals surface area contributed by atoms with Crippen molar-refractivity contribution in [2.24, 2.45) is 0 Å². The first-order valence-corrected chi connectivity index (χ1v) is 38.5. The summed E-state index contributed by atoms with van der Waals surface area (Å²) in [6, 6.07) is 11.1. The van der Waals surface area contributed by atoms with Crippen LogP contribution in [0.4, 0.5) is 0 Å². The molecule has 28 N–H and O–H groups in total. The molecule has 1 aliphatic heterocycles. The second kappa shape index (κ2) is 38.7. The lowest BCUT2D eigenvalue weighted by molar-refractivity contribution is -0.141. The van der Waals surface area contributed by atoms with Crippen LogP contribution in [0.3, 0.4) is 0 Å². The number of carbonyl (C=O) groups excluding carboxylic acids is 12. The lowest BCUT2D eigenvalue weighted by Crippen LogP contribution is -2.43. The van der Waals surface area contributed by atoms with E-state index >= 15 is 9.59 Å². The number of esters is 12. The van der Waals surface area contributed by atoms with Crippen LogP contribution in [0.25, 0.3) is 0 Å². The number of hydrogen-bond acceptors (Lipinski definition) is 53. The Morgan fingerprint density at radius 1 is 0.176 bits per heavy atom. The Balaban J connectivity index is 0.865. The van der Waals surface area contributed by atoms with Crippen LogP contribution in [0.2, 0.25) is 0 Å². The Kier molecular flexibility index (Phi) is 26.7. The van der Waals surface area contributed by atoms with Gasteiger partial charge in [-0.1, -0.05) is 0 Å². The van der Waals surface area contributed by atoms with Gasteiger partial charge in [-0.15, -0.1) is 0 Å². The number of ether oxygens (including phenoxy) is 13. The van der Waals surface area contributed by atoms with Gasteiger partial charge in [0.1, 0.15) is 12.7 Å². The summed E-state index contributed by atoms with van der Waals surface area (Å²) in [5, 5.41) is 293. The molecule has 1 fully saturated rings. The van der Waals surface area contributed by atoms with Gasteiger partial charge in [-0.3, -0.25) is 0 Å². The Labute approximate surface area is 781 Å². The smallest absolute Gasteiger partial charge is 0.343 e. The molecule has 12 aromatic carbocycles. The number of phenols is 28. The normalized spacial score (nSPS) is 13.5. The molecule has 1 saturated heterocycles. The van der Waals surface area contributed by atoms with Gasteiger partial charge in [-0.2, -0.15) is 0 Å². The second-order valence-corrected chi connectivity index (χ2v) is 29.1. The predicted octanol–water partition coefficient (Wildman–Crippen LogP) is 6.39. The monoisotopic (exact) mass is 1970 g/mol. The largest absolute Gasteiger partial charge is 0.504 e. The van der Waals surface area contributed by atoms with Gasteiger partial charge in [0.2, 0.25) is 58.4 Å². The molecule has 0 unspecified atom stereocenters. The maximum absolute atomic E-state index is 15.0. The van der Waals surface area contributed by atoms with Gasteiger partial charge in [0.25, 0.3) is 0 Å². The van der Waals surface area contributed by atoms with Gasteiger partial charge < -0.3 is 205 Å². The molecular formula is C89H58O53. The van der Waals surface area contributed by atoms with E-state index in [1.807, 2.05) is 0 Å². The Morgan fingerprint density at radius 2 is 0.317 bits per heavy atom. The van der Waals surface area contributed by atoms with Crippen LogP contribution in [0, 0.1) is 0 Å². The summed E-state index contributed by atoms with van der Waals surface area (Å²) >= 11 is 0. The van der Waals surface area contributed by atoms with Crippen LogP contribution in [0.15, 0.2) is 146 Å². The van der Waals surface area contributed by atoms with E-state index in [4.69, 9.17) is 61.6 Å². The van der Waals surface area contributed by atoms with Crippen molar-refractivity contribution >= 4 is 71.6 Å². The van der Waals surface area contributed by atoms with Crippen LogP contribution in [0.1, 0.15) is 124 Å². The third-order valence-electron chi connectivity index (χ3n) is 19.5. The van der Waals surface area contributed by atoms with E-state index in [-0.39, 0.29) is 0 Å². The molecule has 0 amide bonds. The average Bonchev–Trinajstić information content (AvgIpc) is 1.60. The van der Waals surface area contributed by atoms with E-state index in [0.29, 0.717) is 146 Å². The van der Waals surface area contributed by atoms with Gasteiger partial charge in [0.15, 0.2) is 167 Å². The van der Waals surface area contributed by atoms with Crippen molar-refractivity contribution in [1.29, 1.82) is 0 Å². The first kappa shape index (κ1) is 98.2. The fraction of sp³-hybridized carbons (Fsp3) is 0.0562. The van der Waals surface area contributed by atoms with Crippen LogP contribution in [0.5, 0.6) is 207 Å². The lowest BCUT2D eigenvalue weighted by atomic mass is 10.1. The molecule has 0 spiro atoms. The van der Waals surface area contributed by atoms with Crippen molar-refractivity contribution in [3.63, 3.8) is 0 Å². The van der Waals surface area contributed by atoms with Crippen molar-refractivity contribution < 1.29 is 262 Å². The van der Waals surface area contributed by atoms with Crippen LogP contribution in [-0.4, -0.2) is 246 Å². The minimum atomic E-state index is -2.88. The highest BCUT2D eigenvalue weighted by molar-refractivity contribution is 6.02. The molecule has 1 aliphatic rings. The first-order chi connectivity index (χ1) is 66.8. The molecule has 0 aliphatic carbocycles. The molecule has 53 nitrogen and oxygen atoms in total. The maximum atomic E-state index is 15.0. The quantitative estimate of drug-likeness (QED) is 0.0128. The highest BCUT2D eigenvalue weighted by Gasteiger charge is 2.53. The van der Waals surface area contributed by atoms with Crippen LogP contribution >= 0.6 is 0 Å². The fourth-order valence-corrected chi connectivity index (χ4v) is 12.5. The number of hydrogen-bond donors (Lipinski definition) is 28. The first-order valence-electron chi connectivity index (χ1n) is 38.5. The Hall–Kier alpha value is -21.4. The third kappa shape index (κ3) is 20.4. The fourth-order valence-electron chi connectivity index (χ4n) is 12.5. The zero-order valence-electron chi connectivity index (χ0n) is 69.6. The van der Waals surface area contributed by atoms with Gasteiger partial charge in [0, 0.05) is 0 Å². The van der Waals surface area contributed by atoms with Gasteiger partial charge in [-0.05, 0) is 146 Å². The molecule has 53 heteroatoms. The number of carbonyl (C=O) groups is 12. The minimum Gasteiger partial charge on any atom is -0.504 e. The molecular weight excluding hydrogens is 1920 g/mol.